The summed E-state index contributed by atoms with van der Waals surface area (Å²) in [5, 5.41) is 4.56. The maximum absolute atomic E-state index is 14.7. The second-order valence-corrected chi connectivity index (χ2v) is 8.38. The summed E-state index contributed by atoms with van der Waals surface area (Å²) < 4.78 is 41.2. The van der Waals surface area contributed by atoms with Crippen LogP contribution < -0.4 is 10.7 Å². The lowest BCUT2D eigenvalue weighted by molar-refractivity contribution is -0.131. The number of rotatable bonds is 8. The lowest BCUT2D eigenvalue weighted by Gasteiger charge is -2.36. The van der Waals surface area contributed by atoms with Gasteiger partial charge >= 0.3 is 0 Å². The highest BCUT2D eigenvalue weighted by Crippen LogP contribution is 2.37. The summed E-state index contributed by atoms with van der Waals surface area (Å²) in [5.74, 6) is -1.81. The van der Waals surface area contributed by atoms with Gasteiger partial charge in [-0.1, -0.05) is 24.3 Å². The van der Waals surface area contributed by atoms with Gasteiger partial charge in [0, 0.05) is 30.1 Å². The molecular formula is C25H26F3N3O2. The molecule has 0 aromatic heterocycles. The molecule has 33 heavy (non-hydrogen) atoms. The monoisotopic (exact) mass is 457 g/mol. The molecule has 0 spiro atoms. The van der Waals surface area contributed by atoms with Crippen LogP contribution in [0.2, 0.25) is 0 Å². The number of allylic oxidation sites excluding steroid dienone is 1. The number of alkyl halides is 1. The highest BCUT2D eigenvalue weighted by atomic mass is 19.1. The molecule has 2 aromatic carbocycles. The van der Waals surface area contributed by atoms with Crippen molar-refractivity contribution in [3.63, 3.8) is 0 Å². The van der Waals surface area contributed by atoms with Gasteiger partial charge in [0.25, 0.3) is 5.91 Å². The Morgan fingerprint density at radius 1 is 1.21 bits per heavy atom. The molecule has 0 saturated heterocycles. The molecule has 1 heterocycles. The van der Waals surface area contributed by atoms with Gasteiger partial charge in [0.05, 0.1) is 24.8 Å². The minimum absolute atomic E-state index is 0.0138. The van der Waals surface area contributed by atoms with Crippen LogP contribution in [0, 0.1) is 17.6 Å². The second-order valence-electron chi connectivity index (χ2n) is 8.38. The molecule has 174 valence electrons. The molecule has 2 aliphatic rings. The quantitative estimate of drug-likeness (QED) is 0.583. The van der Waals surface area contributed by atoms with Crippen LogP contribution in [0.5, 0.6) is 0 Å². The molecule has 0 radical (unpaired) electrons. The molecule has 2 N–H and O–H groups in total. The number of Topliss-reactive ketones (excluding diaryl/α,β-unsaturated/α-hetero) is 1. The number of hydrogen-bond acceptors (Lipinski definition) is 4. The van der Waals surface area contributed by atoms with Gasteiger partial charge in [0.1, 0.15) is 17.4 Å². The molecule has 4 rings (SSSR count). The highest BCUT2D eigenvalue weighted by Gasteiger charge is 2.38. The fraction of sp³-hybridized carbons (Fsp3) is 0.360. The van der Waals surface area contributed by atoms with Gasteiger partial charge in [-0.3, -0.25) is 14.0 Å². The number of carbonyl (C=O) groups excluding carboxylic acids is 2. The number of nitrogens with one attached hydrogen (secondary N) is 2. The van der Waals surface area contributed by atoms with Crippen molar-refractivity contribution in [1.82, 2.24) is 15.8 Å². The highest BCUT2D eigenvalue weighted by molar-refractivity contribution is 6.21. The Morgan fingerprint density at radius 2 is 2.00 bits per heavy atom. The van der Waals surface area contributed by atoms with Crippen LogP contribution in [0.3, 0.4) is 0 Å². The first-order valence-corrected chi connectivity index (χ1v) is 11.1. The Balaban J connectivity index is 1.69. The summed E-state index contributed by atoms with van der Waals surface area (Å²) in [5.41, 5.74) is 5.20. The SMILES string of the molecule is CC1=C(C(=O)N[C@H](c2cccc(F)c2)C2CCC2=O)c2cccc(F)c2CN1NCCCF. The number of hydrogen-bond donors (Lipinski definition) is 2. The van der Waals surface area contributed by atoms with E-state index in [2.05, 4.69) is 10.7 Å². The third kappa shape index (κ3) is 4.66. The fourth-order valence-corrected chi connectivity index (χ4v) is 4.41. The van der Waals surface area contributed by atoms with Crippen LogP contribution in [0.4, 0.5) is 13.2 Å². The standard InChI is InChI=1S/C25H26F3N3O2/c1-15-23(18-7-3-8-21(28)20(18)14-31(15)29-12-4-11-26)25(33)30-24(19-9-10-22(19)32)16-5-2-6-17(27)13-16/h2-3,5-8,13,19,24,29H,4,9-12,14H2,1H3,(H,30,33)/t19?,24-/m1/s1. The number of hydrazine groups is 1. The Morgan fingerprint density at radius 3 is 2.67 bits per heavy atom. The van der Waals surface area contributed by atoms with E-state index in [4.69, 9.17) is 0 Å². The number of carbonyl (C=O) groups is 2. The van der Waals surface area contributed by atoms with Crippen molar-refractivity contribution >= 4 is 17.3 Å². The average molecular weight is 457 g/mol. The number of nitrogens with zero attached hydrogens (tertiary/aromatic N) is 1. The Hall–Kier alpha value is -3.13. The summed E-state index contributed by atoms with van der Waals surface area (Å²) in [4.78, 5) is 25.8. The van der Waals surface area contributed by atoms with E-state index in [1.165, 1.54) is 18.2 Å². The van der Waals surface area contributed by atoms with Crippen LogP contribution in [0.1, 0.15) is 48.9 Å². The van der Waals surface area contributed by atoms with Crippen LogP contribution >= 0.6 is 0 Å². The third-order valence-corrected chi connectivity index (χ3v) is 6.32. The van der Waals surface area contributed by atoms with Crippen molar-refractivity contribution in [2.24, 2.45) is 5.92 Å². The number of ketones is 1. The van der Waals surface area contributed by atoms with Gasteiger partial charge in [0.2, 0.25) is 0 Å². The summed E-state index contributed by atoms with van der Waals surface area (Å²) >= 11 is 0. The zero-order valence-corrected chi connectivity index (χ0v) is 18.3. The van der Waals surface area contributed by atoms with Crippen molar-refractivity contribution in [2.75, 3.05) is 13.2 Å². The van der Waals surface area contributed by atoms with E-state index in [9.17, 15) is 22.8 Å². The third-order valence-electron chi connectivity index (χ3n) is 6.32. The average Bonchev–Trinajstić information content (AvgIpc) is 2.78. The first-order valence-electron chi connectivity index (χ1n) is 11.1. The van der Waals surface area contributed by atoms with E-state index in [1.807, 2.05) is 0 Å². The maximum atomic E-state index is 14.7. The van der Waals surface area contributed by atoms with Gasteiger partial charge in [-0.2, -0.15) is 0 Å². The van der Waals surface area contributed by atoms with Crippen molar-refractivity contribution in [3.8, 4) is 0 Å². The zero-order chi connectivity index (χ0) is 23.5. The topological polar surface area (TPSA) is 61.4 Å². The fourth-order valence-electron chi connectivity index (χ4n) is 4.41. The minimum Gasteiger partial charge on any atom is -0.344 e. The number of benzene rings is 2. The number of fused-ring (bicyclic) bond motifs is 1. The lowest BCUT2D eigenvalue weighted by atomic mass is 9.75. The minimum atomic E-state index is -0.693. The summed E-state index contributed by atoms with van der Waals surface area (Å²) in [7, 11) is 0. The van der Waals surface area contributed by atoms with Crippen LogP contribution in [-0.4, -0.2) is 29.9 Å². The lowest BCUT2D eigenvalue weighted by Crippen LogP contribution is -2.44. The predicted octanol–water partition coefficient (Wildman–Crippen LogP) is 4.21. The molecule has 1 amide bonds. The zero-order valence-electron chi connectivity index (χ0n) is 18.3. The molecule has 1 unspecified atom stereocenters. The van der Waals surface area contributed by atoms with Crippen molar-refractivity contribution in [2.45, 2.75) is 38.8 Å². The molecule has 1 fully saturated rings. The van der Waals surface area contributed by atoms with Gasteiger partial charge in [-0.25, -0.2) is 14.2 Å². The second kappa shape index (κ2) is 9.79. The van der Waals surface area contributed by atoms with Crippen molar-refractivity contribution in [3.05, 3.63) is 76.5 Å². The Kier molecular flexibility index (Phi) is 6.83. The molecule has 0 bridgehead atoms. The molecule has 1 saturated carbocycles. The first-order chi connectivity index (χ1) is 15.9. The summed E-state index contributed by atoms with van der Waals surface area (Å²) in [6.45, 7) is 1.75. The van der Waals surface area contributed by atoms with Gasteiger partial charge in [-0.15, -0.1) is 0 Å². The smallest absolute Gasteiger partial charge is 0.254 e. The summed E-state index contributed by atoms with van der Waals surface area (Å²) in [6, 6.07) is 9.70. The van der Waals surface area contributed by atoms with Gasteiger partial charge in [0.15, 0.2) is 0 Å². The largest absolute Gasteiger partial charge is 0.344 e. The Bertz CT molecular complexity index is 1100. The van der Waals surface area contributed by atoms with E-state index in [0.717, 1.165) is 0 Å². The molecular weight excluding hydrogens is 431 g/mol. The van der Waals surface area contributed by atoms with E-state index in [-0.39, 0.29) is 24.3 Å². The molecule has 5 nitrogen and oxygen atoms in total. The summed E-state index contributed by atoms with van der Waals surface area (Å²) in [6.07, 6.45) is 1.30. The molecule has 2 aromatic rings. The predicted molar refractivity (Wildman–Crippen MR) is 118 cm³/mol. The number of halogens is 3. The van der Waals surface area contributed by atoms with Crippen LogP contribution in [0.15, 0.2) is 48.2 Å². The van der Waals surface area contributed by atoms with Crippen LogP contribution in [0.25, 0.3) is 5.57 Å². The van der Waals surface area contributed by atoms with E-state index >= 15 is 0 Å². The van der Waals surface area contributed by atoms with Crippen molar-refractivity contribution < 1.29 is 22.8 Å². The normalized spacial score (nSPS) is 18.6. The van der Waals surface area contributed by atoms with Crippen LogP contribution in [-0.2, 0) is 16.1 Å². The Labute approximate surface area is 190 Å². The molecule has 1 aliphatic carbocycles. The van der Waals surface area contributed by atoms with E-state index in [0.29, 0.717) is 41.8 Å². The van der Waals surface area contributed by atoms with E-state index in [1.54, 1.807) is 36.2 Å². The van der Waals surface area contributed by atoms with Crippen molar-refractivity contribution in [1.29, 1.82) is 0 Å². The first kappa shape index (κ1) is 23.0. The van der Waals surface area contributed by atoms with Gasteiger partial charge in [-0.05, 0) is 49.1 Å². The maximum Gasteiger partial charge on any atom is 0.254 e. The molecule has 1 aliphatic heterocycles. The number of amides is 1. The molecule has 2 atom stereocenters. The molecule has 8 heteroatoms. The van der Waals surface area contributed by atoms with E-state index < -0.39 is 36.2 Å². The van der Waals surface area contributed by atoms with Gasteiger partial charge < -0.3 is 10.3 Å².